The van der Waals surface area contributed by atoms with Gasteiger partial charge in [-0.2, -0.15) is 0 Å². The van der Waals surface area contributed by atoms with Gasteiger partial charge in [0.1, 0.15) is 6.04 Å². The van der Waals surface area contributed by atoms with Gasteiger partial charge in [-0.15, -0.1) is 0 Å². The molecular weight excluding hydrogens is 282 g/mol. The zero-order chi connectivity index (χ0) is 16.5. The van der Waals surface area contributed by atoms with Crippen LogP contribution >= 0.6 is 0 Å². The van der Waals surface area contributed by atoms with Crippen molar-refractivity contribution in [3.63, 3.8) is 0 Å². The highest BCUT2D eigenvalue weighted by Crippen LogP contribution is 2.27. The first-order valence-electron chi connectivity index (χ1n) is 7.43. The number of Topliss-reactive ketones (excluding diaryl/α,β-unsaturated/α-hetero) is 1. The molecule has 0 bridgehead atoms. The van der Waals surface area contributed by atoms with Crippen molar-refractivity contribution >= 4 is 17.7 Å². The van der Waals surface area contributed by atoms with Crippen LogP contribution in [0.5, 0.6) is 0 Å². The van der Waals surface area contributed by atoms with Gasteiger partial charge in [0, 0.05) is 18.4 Å². The maximum absolute atomic E-state index is 12.5. The summed E-state index contributed by atoms with van der Waals surface area (Å²) in [6.45, 7) is 5.42. The lowest BCUT2D eigenvalue weighted by Gasteiger charge is -2.35. The molecule has 5 nitrogen and oxygen atoms in total. The molecule has 0 radical (unpaired) electrons. The molecule has 0 spiro atoms. The van der Waals surface area contributed by atoms with Crippen molar-refractivity contribution in [2.24, 2.45) is 5.41 Å². The highest BCUT2D eigenvalue weighted by atomic mass is 16.4. The Morgan fingerprint density at radius 3 is 2.36 bits per heavy atom. The number of carboxylic acid groups (broad SMARTS) is 1. The molecule has 1 unspecified atom stereocenters. The molecule has 0 fully saturated rings. The average molecular weight is 303 g/mol. The summed E-state index contributed by atoms with van der Waals surface area (Å²) in [5.41, 5.74) is 1.04. The summed E-state index contributed by atoms with van der Waals surface area (Å²) in [7, 11) is 0. The topological polar surface area (TPSA) is 74.7 Å². The fourth-order valence-electron chi connectivity index (χ4n) is 2.54. The van der Waals surface area contributed by atoms with E-state index in [4.69, 9.17) is 0 Å². The van der Waals surface area contributed by atoms with Crippen LogP contribution in [0.1, 0.15) is 38.3 Å². The van der Waals surface area contributed by atoms with Crippen LogP contribution in [-0.4, -0.2) is 33.7 Å². The van der Waals surface area contributed by atoms with Crippen molar-refractivity contribution in [3.8, 4) is 0 Å². The number of rotatable bonds is 4. The zero-order valence-electron chi connectivity index (χ0n) is 13.1. The molecule has 5 heteroatoms. The first-order chi connectivity index (χ1) is 10.3. The van der Waals surface area contributed by atoms with E-state index in [1.807, 2.05) is 31.2 Å². The maximum Gasteiger partial charge on any atom is 0.326 e. The molecule has 0 saturated carbocycles. The Balaban J connectivity index is 2.34. The highest BCUT2D eigenvalue weighted by molar-refractivity contribution is 6.38. The number of fused-ring (bicyclic) bond motifs is 1. The number of nitrogens with zero attached hydrogens (tertiary/aromatic N) is 1. The SMILES string of the molecule is CCC(C)(C)C(=O)C(=O)N1Cc2ccccc2CC1C(=O)O. The predicted octanol–water partition coefficient (Wildman–Crippen LogP) is 2.03. The Bertz CT molecular complexity index is 621. The van der Waals surface area contributed by atoms with Crippen molar-refractivity contribution < 1.29 is 19.5 Å². The first kappa shape index (κ1) is 16.2. The van der Waals surface area contributed by atoms with Crippen LogP contribution in [0.3, 0.4) is 0 Å². The van der Waals surface area contributed by atoms with Gasteiger partial charge in [0.15, 0.2) is 0 Å². The molecule has 1 N–H and O–H groups in total. The minimum atomic E-state index is -1.08. The van der Waals surface area contributed by atoms with E-state index in [0.717, 1.165) is 11.1 Å². The second-order valence-electron chi connectivity index (χ2n) is 6.33. The Labute approximate surface area is 129 Å². The van der Waals surface area contributed by atoms with Gasteiger partial charge in [0.25, 0.3) is 5.91 Å². The molecule has 118 valence electrons. The lowest BCUT2D eigenvalue weighted by molar-refractivity contribution is -0.157. The Morgan fingerprint density at radius 1 is 1.23 bits per heavy atom. The highest BCUT2D eigenvalue weighted by Gasteiger charge is 2.41. The van der Waals surface area contributed by atoms with Gasteiger partial charge < -0.3 is 10.0 Å². The van der Waals surface area contributed by atoms with Crippen LogP contribution in [0.15, 0.2) is 24.3 Å². The van der Waals surface area contributed by atoms with Crippen molar-refractivity contribution in [2.75, 3.05) is 0 Å². The maximum atomic E-state index is 12.5. The van der Waals surface area contributed by atoms with E-state index in [-0.39, 0.29) is 13.0 Å². The summed E-state index contributed by atoms with van der Waals surface area (Å²) in [6, 6.07) is 6.44. The van der Waals surface area contributed by atoms with Crippen molar-refractivity contribution in [2.45, 2.75) is 46.2 Å². The van der Waals surface area contributed by atoms with Gasteiger partial charge >= 0.3 is 5.97 Å². The smallest absolute Gasteiger partial charge is 0.326 e. The molecule has 1 aliphatic rings. The summed E-state index contributed by atoms with van der Waals surface area (Å²) in [4.78, 5) is 37.6. The molecule has 1 aromatic rings. The van der Waals surface area contributed by atoms with Crippen molar-refractivity contribution in [1.29, 1.82) is 0 Å². The quantitative estimate of drug-likeness (QED) is 0.864. The molecule has 0 saturated heterocycles. The lowest BCUT2D eigenvalue weighted by atomic mass is 9.83. The normalized spacial score (nSPS) is 17.8. The van der Waals surface area contributed by atoms with Gasteiger partial charge in [-0.05, 0) is 17.5 Å². The van der Waals surface area contributed by atoms with Crippen LogP contribution in [0, 0.1) is 5.41 Å². The van der Waals surface area contributed by atoms with Crippen LogP contribution < -0.4 is 0 Å². The summed E-state index contributed by atoms with van der Waals surface area (Å²) in [6.07, 6.45) is 0.761. The number of carboxylic acids is 1. The van der Waals surface area contributed by atoms with Gasteiger partial charge in [0.05, 0.1) is 0 Å². The fraction of sp³-hybridized carbons (Fsp3) is 0.471. The van der Waals surface area contributed by atoms with Crippen LogP contribution in [0.25, 0.3) is 0 Å². The van der Waals surface area contributed by atoms with Crippen LogP contribution in [0.2, 0.25) is 0 Å². The van der Waals surface area contributed by atoms with E-state index in [1.165, 1.54) is 4.90 Å². The van der Waals surface area contributed by atoms with Crippen molar-refractivity contribution in [3.05, 3.63) is 35.4 Å². The van der Waals surface area contributed by atoms with Crippen LogP contribution in [-0.2, 0) is 27.3 Å². The molecular formula is C17H21NO4. The number of carbonyl (C=O) groups is 3. The van der Waals surface area contributed by atoms with Gasteiger partial charge in [-0.25, -0.2) is 4.79 Å². The van der Waals surface area contributed by atoms with E-state index in [1.54, 1.807) is 13.8 Å². The molecule has 1 aromatic carbocycles. The third-order valence-electron chi connectivity index (χ3n) is 4.49. The number of hydrogen-bond donors (Lipinski definition) is 1. The minimum absolute atomic E-state index is 0.164. The van der Waals surface area contributed by atoms with E-state index in [9.17, 15) is 19.5 Å². The van der Waals surface area contributed by atoms with E-state index >= 15 is 0 Å². The molecule has 2 rings (SSSR count). The molecule has 0 aromatic heterocycles. The molecule has 1 heterocycles. The molecule has 22 heavy (non-hydrogen) atoms. The second-order valence-corrected chi connectivity index (χ2v) is 6.33. The Morgan fingerprint density at radius 2 is 1.82 bits per heavy atom. The standard InChI is InChI=1S/C17H21NO4/c1-4-17(2,3)14(19)15(20)18-10-12-8-6-5-7-11(12)9-13(18)16(21)22/h5-8,13H,4,9-10H2,1-3H3,(H,21,22). The first-order valence-corrected chi connectivity index (χ1v) is 7.43. The predicted molar refractivity (Wildman–Crippen MR) is 81.2 cm³/mol. The Hall–Kier alpha value is -2.17. The van der Waals surface area contributed by atoms with Gasteiger partial charge in [0.2, 0.25) is 5.78 Å². The summed E-state index contributed by atoms with van der Waals surface area (Å²) < 4.78 is 0. The lowest BCUT2D eigenvalue weighted by Crippen LogP contribution is -2.53. The number of ketones is 1. The monoisotopic (exact) mass is 303 g/mol. The molecule has 1 amide bonds. The summed E-state index contributed by atoms with van der Waals surface area (Å²) in [5, 5.41) is 9.42. The zero-order valence-corrected chi connectivity index (χ0v) is 13.1. The molecule has 0 aliphatic carbocycles. The minimum Gasteiger partial charge on any atom is -0.480 e. The Kier molecular flexibility index (Phi) is 4.35. The van der Waals surface area contributed by atoms with Crippen molar-refractivity contribution in [1.82, 2.24) is 4.90 Å². The molecule has 1 atom stereocenters. The number of benzene rings is 1. The third kappa shape index (κ3) is 2.89. The van der Waals surface area contributed by atoms with E-state index in [0.29, 0.717) is 6.42 Å². The second kappa shape index (κ2) is 5.91. The number of hydrogen-bond acceptors (Lipinski definition) is 3. The average Bonchev–Trinajstić information content (AvgIpc) is 2.51. The van der Waals surface area contributed by atoms with Crippen LogP contribution in [0.4, 0.5) is 0 Å². The largest absolute Gasteiger partial charge is 0.480 e. The van der Waals surface area contributed by atoms with Gasteiger partial charge in [-0.3, -0.25) is 9.59 Å². The number of carbonyl (C=O) groups excluding carboxylic acids is 2. The fourth-order valence-corrected chi connectivity index (χ4v) is 2.54. The third-order valence-corrected chi connectivity index (χ3v) is 4.49. The summed E-state index contributed by atoms with van der Waals surface area (Å²) in [5.74, 6) is -2.31. The molecule has 1 aliphatic heterocycles. The van der Waals surface area contributed by atoms with E-state index in [2.05, 4.69) is 0 Å². The van der Waals surface area contributed by atoms with Gasteiger partial charge in [-0.1, -0.05) is 45.0 Å². The number of aliphatic carboxylic acids is 1. The number of amides is 1. The summed E-state index contributed by atoms with van der Waals surface area (Å²) >= 11 is 0. The van der Waals surface area contributed by atoms with E-state index < -0.39 is 29.1 Å².